The molecule has 2 rings (SSSR count). The largest absolute Gasteiger partial charge is 0.330 e. The molecule has 0 aromatic heterocycles. The lowest BCUT2D eigenvalue weighted by atomic mass is 9.97. The molecule has 2 unspecified atom stereocenters. The number of fused-ring (bicyclic) bond motifs is 1. The van der Waals surface area contributed by atoms with Gasteiger partial charge in [0.25, 0.3) is 0 Å². The third kappa shape index (κ3) is 3.76. The highest BCUT2D eigenvalue weighted by Gasteiger charge is 2.40. The van der Waals surface area contributed by atoms with Crippen molar-refractivity contribution in [2.45, 2.75) is 58.5 Å². The average Bonchev–Trinajstić information content (AvgIpc) is 2.48. The van der Waals surface area contributed by atoms with Crippen molar-refractivity contribution in [3.05, 3.63) is 0 Å². The molecular weight excluding hydrogens is 266 g/mol. The van der Waals surface area contributed by atoms with Crippen LogP contribution in [0.5, 0.6) is 0 Å². The van der Waals surface area contributed by atoms with Crippen LogP contribution in [0, 0.1) is 5.92 Å². The Hall–Kier alpha value is -1.10. The summed E-state index contributed by atoms with van der Waals surface area (Å²) in [7, 11) is 0. The number of hydrogen-bond acceptors (Lipinski definition) is 3. The van der Waals surface area contributed by atoms with Gasteiger partial charge in [-0.15, -0.1) is 0 Å². The Kier molecular flexibility index (Phi) is 5.62. The van der Waals surface area contributed by atoms with E-state index >= 15 is 0 Å². The molecule has 0 spiro atoms. The maximum absolute atomic E-state index is 12.6. The SMILES string of the molecule is CCCNC(CN1CC(=O)N2CCCCC2C1=O)C(C)C. The quantitative estimate of drug-likeness (QED) is 0.802. The predicted molar refractivity (Wildman–Crippen MR) is 82.9 cm³/mol. The van der Waals surface area contributed by atoms with Crippen molar-refractivity contribution >= 4 is 11.8 Å². The van der Waals surface area contributed by atoms with Crippen molar-refractivity contribution in [3.8, 4) is 0 Å². The van der Waals surface area contributed by atoms with Gasteiger partial charge >= 0.3 is 0 Å². The number of piperazine rings is 1. The minimum atomic E-state index is -0.195. The summed E-state index contributed by atoms with van der Waals surface area (Å²) in [6, 6.07) is 0.0656. The van der Waals surface area contributed by atoms with Crippen molar-refractivity contribution in [2.75, 3.05) is 26.2 Å². The zero-order valence-corrected chi connectivity index (χ0v) is 13.6. The fraction of sp³-hybridized carbons (Fsp3) is 0.875. The lowest BCUT2D eigenvalue weighted by Crippen LogP contribution is -2.63. The second-order valence-corrected chi connectivity index (χ2v) is 6.62. The molecule has 120 valence electrons. The Morgan fingerprint density at radius 2 is 2.05 bits per heavy atom. The molecule has 2 atom stereocenters. The molecule has 0 aliphatic carbocycles. The molecule has 2 heterocycles. The highest BCUT2D eigenvalue weighted by molar-refractivity contribution is 5.95. The van der Waals surface area contributed by atoms with Crippen LogP contribution in [0.2, 0.25) is 0 Å². The lowest BCUT2D eigenvalue weighted by Gasteiger charge is -2.44. The van der Waals surface area contributed by atoms with Crippen LogP contribution in [-0.2, 0) is 9.59 Å². The summed E-state index contributed by atoms with van der Waals surface area (Å²) in [6.45, 7) is 9.07. The molecule has 0 bridgehead atoms. The zero-order valence-electron chi connectivity index (χ0n) is 13.6. The number of carbonyl (C=O) groups is 2. The Labute approximate surface area is 128 Å². The minimum absolute atomic E-state index is 0.122. The number of carbonyl (C=O) groups excluding carboxylic acids is 2. The summed E-state index contributed by atoms with van der Waals surface area (Å²) in [5.74, 6) is 0.722. The first kappa shape index (κ1) is 16.3. The molecule has 2 aliphatic heterocycles. The summed E-state index contributed by atoms with van der Waals surface area (Å²) >= 11 is 0. The van der Waals surface area contributed by atoms with Crippen molar-refractivity contribution in [1.29, 1.82) is 0 Å². The van der Waals surface area contributed by atoms with Gasteiger partial charge in [0.2, 0.25) is 11.8 Å². The van der Waals surface area contributed by atoms with Crippen LogP contribution >= 0.6 is 0 Å². The molecule has 2 amide bonds. The number of nitrogens with zero attached hydrogens (tertiary/aromatic N) is 2. The molecule has 0 aromatic carbocycles. The van der Waals surface area contributed by atoms with Gasteiger partial charge < -0.3 is 15.1 Å². The molecule has 0 aromatic rings. The maximum atomic E-state index is 12.6. The Morgan fingerprint density at radius 1 is 1.29 bits per heavy atom. The molecule has 2 saturated heterocycles. The van der Waals surface area contributed by atoms with Crippen molar-refractivity contribution in [1.82, 2.24) is 15.1 Å². The van der Waals surface area contributed by atoms with Crippen LogP contribution in [0.25, 0.3) is 0 Å². The number of amides is 2. The molecule has 2 fully saturated rings. The van der Waals surface area contributed by atoms with E-state index in [4.69, 9.17) is 0 Å². The first-order chi connectivity index (χ1) is 10.0. The van der Waals surface area contributed by atoms with E-state index in [-0.39, 0.29) is 30.4 Å². The highest BCUT2D eigenvalue weighted by atomic mass is 16.2. The summed E-state index contributed by atoms with van der Waals surface area (Å²) in [5.41, 5.74) is 0. The molecule has 21 heavy (non-hydrogen) atoms. The van der Waals surface area contributed by atoms with E-state index in [1.165, 1.54) is 0 Å². The molecule has 0 saturated carbocycles. The van der Waals surface area contributed by atoms with Gasteiger partial charge in [-0.1, -0.05) is 20.8 Å². The van der Waals surface area contributed by atoms with Gasteiger partial charge in [0.15, 0.2) is 0 Å². The van der Waals surface area contributed by atoms with Gasteiger partial charge in [0, 0.05) is 19.1 Å². The van der Waals surface area contributed by atoms with E-state index in [0.717, 1.165) is 38.8 Å². The molecule has 5 nitrogen and oxygen atoms in total. The maximum Gasteiger partial charge on any atom is 0.245 e. The van der Waals surface area contributed by atoms with Crippen LogP contribution in [-0.4, -0.2) is 59.9 Å². The van der Waals surface area contributed by atoms with Crippen LogP contribution in [0.4, 0.5) is 0 Å². The summed E-state index contributed by atoms with van der Waals surface area (Å²) in [5, 5.41) is 3.50. The van der Waals surface area contributed by atoms with Gasteiger partial charge in [-0.2, -0.15) is 0 Å². The smallest absolute Gasteiger partial charge is 0.245 e. The van der Waals surface area contributed by atoms with Crippen LogP contribution in [0.3, 0.4) is 0 Å². The topological polar surface area (TPSA) is 52.7 Å². The zero-order chi connectivity index (χ0) is 15.4. The number of hydrogen-bond donors (Lipinski definition) is 1. The van der Waals surface area contributed by atoms with E-state index in [2.05, 4.69) is 26.1 Å². The highest BCUT2D eigenvalue weighted by Crippen LogP contribution is 2.23. The van der Waals surface area contributed by atoms with Gasteiger partial charge in [-0.3, -0.25) is 9.59 Å². The van der Waals surface area contributed by atoms with Crippen LogP contribution < -0.4 is 5.32 Å². The molecular formula is C16H29N3O2. The van der Waals surface area contributed by atoms with Gasteiger partial charge in [0.1, 0.15) is 6.04 Å². The van der Waals surface area contributed by atoms with Crippen molar-refractivity contribution < 1.29 is 9.59 Å². The number of rotatable bonds is 6. The monoisotopic (exact) mass is 295 g/mol. The normalized spacial score (nSPS) is 24.5. The Bertz CT molecular complexity index is 384. The second kappa shape index (κ2) is 7.25. The van der Waals surface area contributed by atoms with E-state index < -0.39 is 0 Å². The summed E-state index contributed by atoms with van der Waals surface area (Å²) in [4.78, 5) is 28.5. The molecule has 1 N–H and O–H groups in total. The molecule has 2 aliphatic rings. The molecule has 5 heteroatoms. The average molecular weight is 295 g/mol. The summed E-state index contributed by atoms with van der Waals surface area (Å²) in [6.07, 6.45) is 3.99. The standard InChI is InChI=1S/C16H29N3O2/c1-4-8-17-13(12(2)3)10-18-11-15(20)19-9-6-5-7-14(19)16(18)21/h12-14,17H,4-11H2,1-3H3. The van der Waals surface area contributed by atoms with Gasteiger partial charge in [-0.25, -0.2) is 0 Å². The van der Waals surface area contributed by atoms with Gasteiger partial charge in [-0.05, 0) is 38.1 Å². The van der Waals surface area contributed by atoms with Crippen LogP contribution in [0.15, 0.2) is 0 Å². The van der Waals surface area contributed by atoms with E-state index in [1.807, 2.05) is 0 Å². The van der Waals surface area contributed by atoms with Crippen molar-refractivity contribution in [3.63, 3.8) is 0 Å². The van der Waals surface area contributed by atoms with E-state index in [0.29, 0.717) is 12.5 Å². The lowest BCUT2D eigenvalue weighted by molar-refractivity contribution is -0.158. The van der Waals surface area contributed by atoms with Crippen molar-refractivity contribution in [2.24, 2.45) is 5.92 Å². The van der Waals surface area contributed by atoms with E-state index in [9.17, 15) is 9.59 Å². The molecule has 0 radical (unpaired) electrons. The second-order valence-electron chi connectivity index (χ2n) is 6.62. The first-order valence-electron chi connectivity index (χ1n) is 8.36. The third-order valence-electron chi connectivity index (χ3n) is 4.62. The van der Waals surface area contributed by atoms with E-state index in [1.54, 1.807) is 9.80 Å². The van der Waals surface area contributed by atoms with Crippen LogP contribution in [0.1, 0.15) is 46.5 Å². The summed E-state index contributed by atoms with van der Waals surface area (Å²) < 4.78 is 0. The van der Waals surface area contributed by atoms with Gasteiger partial charge in [0.05, 0.1) is 6.54 Å². The first-order valence-corrected chi connectivity index (χ1v) is 8.36. The Morgan fingerprint density at radius 3 is 2.71 bits per heavy atom. The predicted octanol–water partition coefficient (Wildman–Crippen LogP) is 1.23. The Balaban J connectivity index is 2.01. The minimum Gasteiger partial charge on any atom is -0.330 e. The number of piperidine rings is 1. The fourth-order valence-electron chi connectivity index (χ4n) is 3.26. The fourth-order valence-corrected chi connectivity index (χ4v) is 3.26. The third-order valence-corrected chi connectivity index (χ3v) is 4.62. The number of nitrogens with one attached hydrogen (secondary N) is 1.